The molecule has 2 aromatic rings. The molecule has 1 aromatic heterocycles. The number of rotatable bonds is 3. The van der Waals surface area contributed by atoms with Crippen molar-refractivity contribution >= 4 is 11.8 Å². The van der Waals surface area contributed by atoms with E-state index in [4.69, 9.17) is 0 Å². The summed E-state index contributed by atoms with van der Waals surface area (Å²) in [5, 5.41) is 9.29. The summed E-state index contributed by atoms with van der Waals surface area (Å²) in [6.45, 7) is 0. The lowest BCUT2D eigenvalue weighted by atomic mass is 10.3. The molecule has 2 rings (SSSR count). The van der Waals surface area contributed by atoms with Crippen LogP contribution < -0.4 is 0 Å². The predicted molar refractivity (Wildman–Crippen MR) is 60.9 cm³/mol. The molecule has 0 spiro atoms. The number of aromatic hydroxyl groups is 1. The summed E-state index contributed by atoms with van der Waals surface area (Å²) >= 11 is 1.69. The molecule has 0 saturated heterocycles. The van der Waals surface area contributed by atoms with E-state index in [9.17, 15) is 5.11 Å². The minimum atomic E-state index is 0.310. The van der Waals surface area contributed by atoms with Crippen LogP contribution in [0.3, 0.4) is 0 Å². The van der Waals surface area contributed by atoms with Crippen molar-refractivity contribution in [3.05, 3.63) is 42.5 Å². The second-order valence-corrected chi connectivity index (χ2v) is 4.33. The van der Waals surface area contributed by atoms with Crippen molar-refractivity contribution in [2.24, 2.45) is 7.05 Å². The number of phenolic OH excluding ortho intramolecular Hbond substituents is 1. The lowest BCUT2D eigenvalue weighted by Crippen LogP contribution is -1.91. The van der Waals surface area contributed by atoms with E-state index in [2.05, 4.69) is 4.98 Å². The van der Waals surface area contributed by atoms with E-state index in [1.807, 2.05) is 29.9 Å². The van der Waals surface area contributed by atoms with Gasteiger partial charge in [0.05, 0.1) is 6.33 Å². The molecule has 3 nitrogen and oxygen atoms in total. The molecule has 1 aromatic carbocycles. The van der Waals surface area contributed by atoms with Gasteiger partial charge in [0, 0.05) is 29.6 Å². The number of phenols is 1. The van der Waals surface area contributed by atoms with Crippen LogP contribution in [0.5, 0.6) is 5.75 Å². The largest absolute Gasteiger partial charge is 0.508 e. The Balaban J connectivity index is 2.02. The molecule has 0 fully saturated rings. The van der Waals surface area contributed by atoms with E-state index in [1.165, 1.54) is 5.69 Å². The normalized spacial score (nSPS) is 10.5. The molecule has 1 N–H and O–H groups in total. The van der Waals surface area contributed by atoms with Crippen LogP contribution in [0.15, 0.2) is 41.7 Å². The predicted octanol–water partition coefficient (Wildman–Crippen LogP) is 2.42. The summed E-state index contributed by atoms with van der Waals surface area (Å²) in [6, 6.07) is 7.27. The zero-order valence-corrected chi connectivity index (χ0v) is 9.24. The van der Waals surface area contributed by atoms with Gasteiger partial charge in [-0.3, -0.25) is 0 Å². The molecule has 78 valence electrons. The highest BCUT2D eigenvalue weighted by Crippen LogP contribution is 2.25. The summed E-state index contributed by atoms with van der Waals surface area (Å²) in [4.78, 5) is 5.12. The van der Waals surface area contributed by atoms with Crippen molar-refractivity contribution in [1.82, 2.24) is 9.55 Å². The maximum Gasteiger partial charge on any atom is 0.116 e. The smallest absolute Gasteiger partial charge is 0.116 e. The maximum absolute atomic E-state index is 9.29. The Bertz CT molecular complexity index is 453. The Labute approximate surface area is 92.8 Å². The number of imidazole rings is 1. The Kier molecular flexibility index (Phi) is 2.97. The van der Waals surface area contributed by atoms with Crippen molar-refractivity contribution in [2.45, 2.75) is 10.6 Å². The first-order valence-corrected chi connectivity index (χ1v) is 5.61. The average Bonchev–Trinajstić information content (AvgIpc) is 2.61. The fourth-order valence-electron chi connectivity index (χ4n) is 1.25. The average molecular weight is 220 g/mol. The number of thioether (sulfide) groups is 1. The van der Waals surface area contributed by atoms with Crippen molar-refractivity contribution < 1.29 is 5.11 Å². The molecule has 0 aliphatic carbocycles. The third-order valence-electron chi connectivity index (χ3n) is 2.12. The highest BCUT2D eigenvalue weighted by Gasteiger charge is 2.00. The Morgan fingerprint density at radius 1 is 1.47 bits per heavy atom. The number of hydrogen-bond donors (Lipinski definition) is 1. The number of nitrogens with zero attached hydrogens (tertiary/aromatic N) is 2. The van der Waals surface area contributed by atoms with E-state index in [-0.39, 0.29) is 0 Å². The van der Waals surface area contributed by atoms with Gasteiger partial charge in [-0.2, -0.15) is 0 Å². The van der Waals surface area contributed by atoms with Gasteiger partial charge in [0.15, 0.2) is 0 Å². The van der Waals surface area contributed by atoms with Crippen LogP contribution in [-0.4, -0.2) is 14.7 Å². The quantitative estimate of drug-likeness (QED) is 0.807. The molecule has 0 aliphatic rings. The molecule has 15 heavy (non-hydrogen) atoms. The van der Waals surface area contributed by atoms with Crippen LogP contribution >= 0.6 is 11.8 Å². The minimum Gasteiger partial charge on any atom is -0.508 e. The van der Waals surface area contributed by atoms with Crippen LogP contribution in [0, 0.1) is 0 Å². The molecule has 0 unspecified atom stereocenters. The first kappa shape index (κ1) is 10.1. The Morgan fingerprint density at radius 3 is 3.00 bits per heavy atom. The molecular formula is C11H12N2OS. The van der Waals surface area contributed by atoms with Crippen LogP contribution in [0.4, 0.5) is 0 Å². The van der Waals surface area contributed by atoms with Crippen molar-refractivity contribution in [3.8, 4) is 5.75 Å². The van der Waals surface area contributed by atoms with Crippen molar-refractivity contribution in [1.29, 1.82) is 0 Å². The topological polar surface area (TPSA) is 38.0 Å². The van der Waals surface area contributed by atoms with Crippen molar-refractivity contribution in [2.75, 3.05) is 0 Å². The van der Waals surface area contributed by atoms with Crippen LogP contribution in [-0.2, 0) is 12.8 Å². The van der Waals surface area contributed by atoms with E-state index >= 15 is 0 Å². The fraction of sp³-hybridized carbons (Fsp3) is 0.182. The summed E-state index contributed by atoms with van der Waals surface area (Å²) in [5.74, 6) is 1.17. The van der Waals surface area contributed by atoms with E-state index < -0.39 is 0 Å². The SMILES string of the molecule is Cn1cncc1CSc1cccc(O)c1. The van der Waals surface area contributed by atoms with Gasteiger partial charge in [-0.25, -0.2) is 4.98 Å². The number of aryl methyl sites for hydroxylation is 1. The van der Waals surface area contributed by atoms with Gasteiger partial charge >= 0.3 is 0 Å². The molecule has 0 saturated carbocycles. The highest BCUT2D eigenvalue weighted by molar-refractivity contribution is 7.98. The standard InChI is InChI=1S/C11H12N2OS/c1-13-8-12-6-9(13)7-15-11-4-2-3-10(14)5-11/h2-6,8,14H,7H2,1H3. The molecule has 0 radical (unpaired) electrons. The second-order valence-electron chi connectivity index (χ2n) is 3.28. The first-order valence-electron chi connectivity index (χ1n) is 4.63. The fourth-order valence-corrected chi connectivity index (χ4v) is 2.23. The Hall–Kier alpha value is -1.42. The number of benzene rings is 1. The van der Waals surface area contributed by atoms with Gasteiger partial charge in [-0.15, -0.1) is 11.8 Å². The summed E-state index contributed by atoms with van der Waals surface area (Å²) < 4.78 is 2.00. The van der Waals surface area contributed by atoms with E-state index in [0.29, 0.717) is 5.75 Å². The molecule has 0 bridgehead atoms. The lowest BCUT2D eigenvalue weighted by Gasteiger charge is -2.02. The van der Waals surface area contributed by atoms with Gasteiger partial charge in [0.1, 0.15) is 5.75 Å². The highest BCUT2D eigenvalue weighted by atomic mass is 32.2. The van der Waals surface area contributed by atoms with Gasteiger partial charge < -0.3 is 9.67 Å². The molecule has 4 heteroatoms. The number of aromatic nitrogens is 2. The third kappa shape index (κ3) is 2.53. The molecule has 0 amide bonds. The maximum atomic E-state index is 9.29. The van der Waals surface area contributed by atoms with E-state index in [0.717, 1.165) is 10.6 Å². The molecule has 0 atom stereocenters. The van der Waals surface area contributed by atoms with Gasteiger partial charge in [-0.05, 0) is 18.2 Å². The van der Waals surface area contributed by atoms with Gasteiger partial charge in [-0.1, -0.05) is 6.07 Å². The van der Waals surface area contributed by atoms with Crippen LogP contribution in [0.25, 0.3) is 0 Å². The van der Waals surface area contributed by atoms with Crippen LogP contribution in [0.2, 0.25) is 0 Å². The van der Waals surface area contributed by atoms with Gasteiger partial charge in [0.2, 0.25) is 0 Å². The van der Waals surface area contributed by atoms with Crippen LogP contribution in [0.1, 0.15) is 5.69 Å². The minimum absolute atomic E-state index is 0.310. The third-order valence-corrected chi connectivity index (χ3v) is 3.15. The second kappa shape index (κ2) is 4.40. The molecular weight excluding hydrogens is 208 g/mol. The van der Waals surface area contributed by atoms with Crippen molar-refractivity contribution in [3.63, 3.8) is 0 Å². The number of hydrogen-bond acceptors (Lipinski definition) is 3. The summed E-state index contributed by atoms with van der Waals surface area (Å²) in [6.07, 6.45) is 3.65. The Morgan fingerprint density at radius 2 is 2.33 bits per heavy atom. The van der Waals surface area contributed by atoms with Gasteiger partial charge in [0.25, 0.3) is 0 Å². The molecule has 1 heterocycles. The summed E-state index contributed by atoms with van der Waals surface area (Å²) in [5.41, 5.74) is 1.17. The monoisotopic (exact) mass is 220 g/mol. The summed E-state index contributed by atoms with van der Waals surface area (Å²) in [7, 11) is 1.98. The zero-order valence-electron chi connectivity index (χ0n) is 8.42. The molecule has 0 aliphatic heterocycles. The first-order chi connectivity index (χ1) is 7.25. The van der Waals surface area contributed by atoms with E-state index in [1.54, 1.807) is 30.2 Å². The zero-order chi connectivity index (χ0) is 10.7. The lowest BCUT2D eigenvalue weighted by molar-refractivity contribution is 0.474.